The summed E-state index contributed by atoms with van der Waals surface area (Å²) in [5.41, 5.74) is 0.402. The van der Waals surface area contributed by atoms with E-state index in [1.807, 2.05) is 30.3 Å². The summed E-state index contributed by atoms with van der Waals surface area (Å²) in [6.45, 7) is 5.25. The zero-order valence-corrected chi connectivity index (χ0v) is 12.2. The summed E-state index contributed by atoms with van der Waals surface area (Å²) in [5.74, 6) is 0.211. The fourth-order valence-electron chi connectivity index (χ4n) is 1.88. The van der Waals surface area contributed by atoms with Gasteiger partial charge in [0.25, 0.3) is 0 Å². The van der Waals surface area contributed by atoms with Gasteiger partial charge in [-0.2, -0.15) is 0 Å². The van der Waals surface area contributed by atoms with Crippen LogP contribution in [0.25, 0.3) is 10.8 Å². The van der Waals surface area contributed by atoms with Gasteiger partial charge in [0.15, 0.2) is 4.90 Å². The molecule has 0 radical (unpaired) electrons. The molecule has 0 saturated heterocycles. The molecule has 0 atom stereocenters. The maximum atomic E-state index is 11.7. The number of carbonyl (C=O) groups is 1. The zero-order valence-electron chi connectivity index (χ0n) is 11.4. The SMILES string of the molecule is C=C(C)C(=O)Oc1ccc([S+](C)C)c2ccccc12. The first-order valence-corrected chi connectivity index (χ1v) is 8.02. The molecule has 2 nitrogen and oxygen atoms in total. The molecule has 0 amide bonds. The summed E-state index contributed by atoms with van der Waals surface area (Å²) in [7, 11) is 0.159. The van der Waals surface area contributed by atoms with E-state index in [0.717, 1.165) is 10.8 Å². The molecule has 0 heterocycles. The largest absolute Gasteiger partial charge is 0.423 e. The summed E-state index contributed by atoms with van der Waals surface area (Å²) in [6, 6.07) is 11.9. The second-order valence-electron chi connectivity index (χ2n) is 4.59. The number of rotatable bonds is 3. The van der Waals surface area contributed by atoms with E-state index >= 15 is 0 Å². The molecule has 2 aromatic rings. The molecule has 0 spiro atoms. The molecule has 0 bridgehead atoms. The molecular formula is C16H17O2S+. The van der Waals surface area contributed by atoms with Gasteiger partial charge in [0.1, 0.15) is 18.3 Å². The van der Waals surface area contributed by atoms with E-state index in [2.05, 4.69) is 25.2 Å². The highest BCUT2D eigenvalue weighted by Crippen LogP contribution is 2.31. The minimum Gasteiger partial charge on any atom is -0.423 e. The molecule has 2 rings (SSSR count). The van der Waals surface area contributed by atoms with Gasteiger partial charge in [-0.3, -0.25) is 0 Å². The predicted molar refractivity (Wildman–Crippen MR) is 81.9 cm³/mol. The standard InChI is InChI=1S/C16H17O2S/c1-11(2)16(17)18-14-9-10-15(19(3)4)13-8-6-5-7-12(13)14/h5-10H,1H2,2-4H3/q+1. The summed E-state index contributed by atoms with van der Waals surface area (Å²) in [6.07, 6.45) is 4.36. The van der Waals surface area contributed by atoms with Gasteiger partial charge in [-0.05, 0) is 25.1 Å². The van der Waals surface area contributed by atoms with Crippen molar-refractivity contribution in [1.29, 1.82) is 0 Å². The highest BCUT2D eigenvalue weighted by molar-refractivity contribution is 7.95. The highest BCUT2D eigenvalue weighted by Gasteiger charge is 2.17. The van der Waals surface area contributed by atoms with E-state index < -0.39 is 0 Å². The third-order valence-electron chi connectivity index (χ3n) is 2.84. The number of esters is 1. The first-order valence-electron chi connectivity index (χ1n) is 5.97. The maximum absolute atomic E-state index is 11.7. The van der Waals surface area contributed by atoms with Crippen LogP contribution in [-0.4, -0.2) is 18.5 Å². The number of carbonyl (C=O) groups excluding carboxylic acids is 1. The monoisotopic (exact) mass is 273 g/mol. The Kier molecular flexibility index (Phi) is 3.96. The van der Waals surface area contributed by atoms with Crippen LogP contribution in [0.15, 0.2) is 53.4 Å². The van der Waals surface area contributed by atoms with Crippen LogP contribution in [0.4, 0.5) is 0 Å². The van der Waals surface area contributed by atoms with E-state index in [1.54, 1.807) is 6.92 Å². The zero-order chi connectivity index (χ0) is 14.0. The van der Waals surface area contributed by atoms with Gasteiger partial charge in [0.05, 0.1) is 0 Å². The van der Waals surface area contributed by atoms with Gasteiger partial charge in [0.2, 0.25) is 0 Å². The quantitative estimate of drug-likeness (QED) is 0.370. The maximum Gasteiger partial charge on any atom is 0.338 e. The van der Waals surface area contributed by atoms with Crippen molar-refractivity contribution in [1.82, 2.24) is 0 Å². The number of hydrogen-bond acceptors (Lipinski definition) is 2. The number of benzene rings is 2. The molecule has 19 heavy (non-hydrogen) atoms. The van der Waals surface area contributed by atoms with Gasteiger partial charge >= 0.3 is 5.97 Å². The molecule has 98 valence electrons. The Morgan fingerprint density at radius 3 is 2.32 bits per heavy atom. The number of fused-ring (bicyclic) bond motifs is 1. The van der Waals surface area contributed by atoms with Crippen LogP contribution in [0.3, 0.4) is 0 Å². The summed E-state index contributed by atoms with van der Waals surface area (Å²) in [4.78, 5) is 12.9. The van der Waals surface area contributed by atoms with Crippen molar-refractivity contribution in [3.05, 3.63) is 48.6 Å². The third kappa shape index (κ3) is 2.82. The number of ether oxygens (including phenoxy) is 1. The smallest absolute Gasteiger partial charge is 0.338 e. The van der Waals surface area contributed by atoms with E-state index in [9.17, 15) is 4.79 Å². The summed E-state index contributed by atoms with van der Waals surface area (Å²) >= 11 is 0. The molecule has 3 heteroatoms. The molecule has 0 aliphatic heterocycles. The first kappa shape index (κ1) is 13.7. The van der Waals surface area contributed by atoms with Crippen LogP contribution in [0.1, 0.15) is 6.92 Å². The topological polar surface area (TPSA) is 26.3 Å². The number of hydrogen-bond donors (Lipinski definition) is 0. The Hall–Kier alpha value is -1.74. The van der Waals surface area contributed by atoms with Crippen molar-refractivity contribution in [2.24, 2.45) is 0 Å². The Morgan fingerprint density at radius 1 is 1.11 bits per heavy atom. The van der Waals surface area contributed by atoms with Crippen molar-refractivity contribution in [3.63, 3.8) is 0 Å². The highest BCUT2D eigenvalue weighted by atomic mass is 32.2. The molecule has 0 fully saturated rings. The molecular weight excluding hydrogens is 256 g/mol. The van der Waals surface area contributed by atoms with Gasteiger partial charge in [-0.15, -0.1) is 0 Å². The first-order chi connectivity index (χ1) is 9.00. The molecule has 0 aliphatic carbocycles. The summed E-state index contributed by atoms with van der Waals surface area (Å²) < 4.78 is 5.39. The lowest BCUT2D eigenvalue weighted by Crippen LogP contribution is -2.09. The minimum absolute atomic E-state index is 0.159. The predicted octanol–water partition coefficient (Wildman–Crippen LogP) is 3.56. The van der Waals surface area contributed by atoms with Crippen LogP contribution in [0.5, 0.6) is 5.75 Å². The molecule has 0 aromatic heterocycles. The van der Waals surface area contributed by atoms with Crippen LogP contribution in [0.2, 0.25) is 0 Å². The molecule has 0 saturated carbocycles. The van der Waals surface area contributed by atoms with Crippen molar-refractivity contribution < 1.29 is 9.53 Å². The Morgan fingerprint density at radius 2 is 1.74 bits per heavy atom. The lowest BCUT2D eigenvalue weighted by Gasteiger charge is -2.09. The Labute approximate surface area is 116 Å². The summed E-state index contributed by atoms with van der Waals surface area (Å²) in [5, 5.41) is 2.11. The van der Waals surface area contributed by atoms with Gasteiger partial charge < -0.3 is 4.74 Å². The Bertz CT molecular complexity index is 644. The van der Waals surface area contributed by atoms with Gasteiger partial charge in [0, 0.05) is 27.2 Å². The lowest BCUT2D eigenvalue weighted by atomic mass is 10.1. The molecule has 2 aromatic carbocycles. The average molecular weight is 273 g/mol. The Balaban J connectivity index is 2.56. The van der Waals surface area contributed by atoms with E-state index in [1.165, 1.54) is 4.90 Å². The van der Waals surface area contributed by atoms with Crippen LogP contribution in [-0.2, 0) is 15.7 Å². The fourth-order valence-corrected chi connectivity index (χ4v) is 2.83. The van der Waals surface area contributed by atoms with Gasteiger partial charge in [-0.25, -0.2) is 4.79 Å². The molecule has 0 unspecified atom stereocenters. The lowest BCUT2D eigenvalue weighted by molar-refractivity contribution is -0.129. The fraction of sp³-hybridized carbons (Fsp3) is 0.188. The van der Waals surface area contributed by atoms with E-state index in [0.29, 0.717) is 11.3 Å². The van der Waals surface area contributed by atoms with Crippen LogP contribution < -0.4 is 4.74 Å². The second kappa shape index (κ2) is 5.49. The average Bonchev–Trinajstić information content (AvgIpc) is 2.38. The van der Waals surface area contributed by atoms with Crippen LogP contribution >= 0.6 is 0 Å². The second-order valence-corrected chi connectivity index (χ2v) is 6.67. The van der Waals surface area contributed by atoms with Crippen molar-refractivity contribution in [2.45, 2.75) is 11.8 Å². The van der Waals surface area contributed by atoms with E-state index in [-0.39, 0.29) is 16.9 Å². The van der Waals surface area contributed by atoms with Crippen molar-refractivity contribution in [2.75, 3.05) is 12.5 Å². The van der Waals surface area contributed by atoms with Crippen molar-refractivity contribution in [3.8, 4) is 5.75 Å². The molecule has 0 aliphatic rings. The minimum atomic E-state index is -0.384. The molecule has 0 N–H and O–H groups in total. The van der Waals surface area contributed by atoms with E-state index in [4.69, 9.17) is 4.74 Å². The van der Waals surface area contributed by atoms with Crippen LogP contribution in [0, 0.1) is 0 Å². The van der Waals surface area contributed by atoms with Crippen molar-refractivity contribution >= 4 is 27.6 Å². The van der Waals surface area contributed by atoms with Gasteiger partial charge in [-0.1, -0.05) is 24.8 Å². The normalized spacial score (nSPS) is 10.7. The third-order valence-corrected chi connectivity index (χ3v) is 4.07.